The molecule has 0 heterocycles. The molecule has 0 saturated heterocycles. The van der Waals surface area contributed by atoms with Crippen molar-refractivity contribution in [1.29, 1.82) is 0 Å². The minimum Gasteiger partial charge on any atom is -0.482 e. The maximum Gasteiger partial charge on any atom is 0.329 e. The van der Waals surface area contributed by atoms with Crippen LogP contribution in [0.15, 0.2) is 42.5 Å². The van der Waals surface area contributed by atoms with Crippen LogP contribution in [0.2, 0.25) is 5.02 Å². The van der Waals surface area contributed by atoms with Crippen LogP contribution in [0.5, 0.6) is 5.75 Å². The van der Waals surface area contributed by atoms with E-state index in [0.29, 0.717) is 0 Å². The summed E-state index contributed by atoms with van der Waals surface area (Å²) in [6.07, 6.45) is 0. The molecule has 18 heavy (non-hydrogen) atoms. The molecule has 5 heteroatoms. The van der Waals surface area contributed by atoms with E-state index < -0.39 is 4.92 Å². The molecule has 0 amide bonds. The van der Waals surface area contributed by atoms with Crippen molar-refractivity contribution in [2.45, 2.75) is 6.61 Å². The van der Waals surface area contributed by atoms with Crippen molar-refractivity contribution in [2.24, 2.45) is 0 Å². The lowest BCUT2D eigenvalue weighted by atomic mass is 10.2. The van der Waals surface area contributed by atoms with Crippen molar-refractivity contribution in [3.05, 3.63) is 69.2 Å². The Morgan fingerprint density at radius 2 is 2.00 bits per heavy atom. The summed E-state index contributed by atoms with van der Waals surface area (Å²) in [5, 5.41) is 10.8. The normalized spacial score (nSPS) is 10.1. The second-order valence-corrected chi connectivity index (χ2v) is 3.91. The Balaban J connectivity index is 2.20. The summed E-state index contributed by atoms with van der Waals surface area (Å²) in [5.41, 5.74) is 0.672. The molecule has 0 aliphatic carbocycles. The van der Waals surface area contributed by atoms with Crippen molar-refractivity contribution >= 4 is 17.3 Å². The highest BCUT2D eigenvalue weighted by molar-refractivity contribution is 6.32. The van der Waals surface area contributed by atoms with Crippen LogP contribution < -0.4 is 4.74 Å². The third-order valence-corrected chi connectivity index (χ3v) is 2.59. The third-order valence-electron chi connectivity index (χ3n) is 2.31. The quantitative estimate of drug-likeness (QED) is 0.624. The van der Waals surface area contributed by atoms with Crippen LogP contribution in [0.3, 0.4) is 0 Å². The van der Waals surface area contributed by atoms with E-state index in [4.69, 9.17) is 16.3 Å². The predicted molar refractivity (Wildman–Crippen MR) is 67.7 cm³/mol. The topological polar surface area (TPSA) is 52.4 Å². The van der Waals surface area contributed by atoms with Crippen LogP contribution in [0.4, 0.5) is 5.69 Å². The number of halogens is 1. The van der Waals surface area contributed by atoms with Gasteiger partial charge in [-0.2, -0.15) is 0 Å². The Labute approximate surface area is 109 Å². The lowest BCUT2D eigenvalue weighted by molar-refractivity contribution is -0.385. The van der Waals surface area contributed by atoms with E-state index >= 15 is 0 Å². The Bertz CT molecular complexity index is 557. The van der Waals surface area contributed by atoms with Crippen molar-refractivity contribution in [2.75, 3.05) is 0 Å². The van der Waals surface area contributed by atoms with Gasteiger partial charge >= 0.3 is 5.69 Å². The lowest BCUT2D eigenvalue weighted by Crippen LogP contribution is -1.99. The zero-order valence-corrected chi connectivity index (χ0v) is 10.1. The number of ether oxygens (including phenoxy) is 1. The van der Waals surface area contributed by atoms with Gasteiger partial charge in [0.1, 0.15) is 11.6 Å². The highest BCUT2D eigenvalue weighted by atomic mass is 35.5. The minimum absolute atomic E-state index is 0.0504. The molecule has 0 N–H and O–H groups in total. The van der Waals surface area contributed by atoms with Crippen molar-refractivity contribution in [3.8, 4) is 5.75 Å². The van der Waals surface area contributed by atoms with E-state index in [0.717, 1.165) is 5.56 Å². The minimum atomic E-state index is -0.570. The van der Waals surface area contributed by atoms with Gasteiger partial charge < -0.3 is 4.74 Å². The number of nitro benzene ring substituents is 1. The molecule has 1 radical (unpaired) electrons. The van der Waals surface area contributed by atoms with Crippen LogP contribution in [0, 0.1) is 16.2 Å². The van der Waals surface area contributed by atoms with Crippen molar-refractivity contribution in [1.82, 2.24) is 0 Å². The molecule has 0 spiro atoms. The van der Waals surface area contributed by atoms with E-state index in [1.165, 1.54) is 12.1 Å². The van der Waals surface area contributed by atoms with Gasteiger partial charge in [-0.15, -0.1) is 0 Å². The van der Waals surface area contributed by atoms with E-state index in [-0.39, 0.29) is 23.1 Å². The number of hydrogen-bond acceptors (Lipinski definition) is 3. The molecule has 0 fully saturated rings. The molecule has 2 rings (SSSR count). The number of nitrogens with zero attached hydrogens (tertiary/aromatic N) is 1. The van der Waals surface area contributed by atoms with Crippen LogP contribution in [0.25, 0.3) is 0 Å². The number of nitro groups is 1. The second-order valence-electron chi connectivity index (χ2n) is 3.54. The molecule has 4 nitrogen and oxygen atoms in total. The fourth-order valence-electron chi connectivity index (χ4n) is 1.47. The summed E-state index contributed by atoms with van der Waals surface area (Å²) in [6, 6.07) is 14.9. The van der Waals surface area contributed by atoms with E-state index in [1.807, 2.05) is 30.3 Å². The molecule has 2 aromatic rings. The highest BCUT2D eigenvalue weighted by Crippen LogP contribution is 2.34. The van der Waals surface area contributed by atoms with Crippen molar-refractivity contribution < 1.29 is 9.66 Å². The summed E-state index contributed by atoms with van der Waals surface area (Å²) in [4.78, 5) is 10.3. The van der Waals surface area contributed by atoms with Gasteiger partial charge in [0.25, 0.3) is 0 Å². The highest BCUT2D eigenvalue weighted by Gasteiger charge is 2.19. The average Bonchev–Trinajstić information content (AvgIpc) is 2.37. The molecule has 0 aliphatic rings. The predicted octanol–water partition coefficient (Wildman–Crippen LogP) is 3.63. The first-order chi connectivity index (χ1) is 8.68. The molecule has 2 aromatic carbocycles. The number of benzene rings is 2. The van der Waals surface area contributed by atoms with Crippen LogP contribution in [-0.4, -0.2) is 4.92 Å². The molecule has 91 valence electrons. The molecular formula is C13H9ClNO3. The van der Waals surface area contributed by atoms with E-state index in [2.05, 4.69) is 6.07 Å². The SMILES string of the molecule is O=[N+]([O-])c1c(Cl)[c]ccc1OCc1ccccc1. The molecule has 0 aliphatic heterocycles. The number of rotatable bonds is 4. The van der Waals surface area contributed by atoms with Crippen LogP contribution in [0.1, 0.15) is 5.56 Å². The zero-order valence-electron chi connectivity index (χ0n) is 9.30. The van der Waals surface area contributed by atoms with Gasteiger partial charge in [-0.25, -0.2) is 0 Å². The maximum absolute atomic E-state index is 10.9. The maximum atomic E-state index is 10.9. The first kappa shape index (κ1) is 12.4. The van der Waals surface area contributed by atoms with E-state index in [9.17, 15) is 10.1 Å². The lowest BCUT2D eigenvalue weighted by Gasteiger charge is -2.07. The van der Waals surface area contributed by atoms with Gasteiger partial charge in [-0.1, -0.05) is 41.9 Å². The van der Waals surface area contributed by atoms with Gasteiger partial charge in [0, 0.05) is 6.07 Å². The van der Waals surface area contributed by atoms with Crippen molar-refractivity contribution in [3.63, 3.8) is 0 Å². The van der Waals surface area contributed by atoms with Gasteiger partial charge in [0.15, 0.2) is 5.75 Å². The molecule has 0 saturated carbocycles. The van der Waals surface area contributed by atoms with Gasteiger partial charge in [0.2, 0.25) is 0 Å². The molecular weight excluding hydrogens is 254 g/mol. The van der Waals surface area contributed by atoms with Gasteiger partial charge in [-0.05, 0) is 17.7 Å². The Kier molecular flexibility index (Phi) is 3.79. The average molecular weight is 263 g/mol. The first-order valence-corrected chi connectivity index (χ1v) is 5.57. The Morgan fingerprint density at radius 1 is 1.28 bits per heavy atom. The molecule has 0 aromatic heterocycles. The Morgan fingerprint density at radius 3 is 2.67 bits per heavy atom. The summed E-state index contributed by atoms with van der Waals surface area (Å²) in [5.74, 6) is 0.146. The number of hydrogen-bond donors (Lipinski definition) is 0. The summed E-state index contributed by atoms with van der Waals surface area (Å²) < 4.78 is 5.42. The smallest absolute Gasteiger partial charge is 0.329 e. The standard InChI is InChI=1S/C13H9ClNO3/c14-11-7-4-8-12(13(11)15(16)17)18-9-10-5-2-1-3-6-10/h1-6,8H,9H2. The van der Waals surface area contributed by atoms with Crippen LogP contribution in [-0.2, 0) is 6.61 Å². The zero-order chi connectivity index (χ0) is 13.0. The van der Waals surface area contributed by atoms with E-state index in [1.54, 1.807) is 0 Å². The monoisotopic (exact) mass is 262 g/mol. The summed E-state index contributed by atoms with van der Waals surface area (Å²) in [7, 11) is 0. The molecule has 0 unspecified atom stereocenters. The van der Waals surface area contributed by atoms with Gasteiger partial charge in [-0.3, -0.25) is 10.1 Å². The van der Waals surface area contributed by atoms with Gasteiger partial charge in [0.05, 0.1) is 4.92 Å². The molecule has 0 atom stereocenters. The second kappa shape index (κ2) is 5.51. The summed E-state index contributed by atoms with van der Waals surface area (Å²) >= 11 is 5.73. The third kappa shape index (κ3) is 2.78. The fraction of sp³-hybridized carbons (Fsp3) is 0.0769. The fourth-order valence-corrected chi connectivity index (χ4v) is 1.69. The first-order valence-electron chi connectivity index (χ1n) is 5.20. The molecule has 0 bridgehead atoms. The summed E-state index contributed by atoms with van der Waals surface area (Å²) in [6.45, 7) is 0.252. The van der Waals surface area contributed by atoms with Crippen LogP contribution >= 0.6 is 11.6 Å². The Hall–Kier alpha value is -2.07. The largest absolute Gasteiger partial charge is 0.482 e.